The lowest BCUT2D eigenvalue weighted by molar-refractivity contribution is -0.271. The SMILES string of the molecule is COC1OC(CO)C(OC)C(O)C1NC(O)COCCOC(O)CNC(=S)N=Nc1c(O)[nH]c2ccc(F)cc12. The van der Waals surface area contributed by atoms with Crippen LogP contribution in [0.4, 0.5) is 10.1 Å². The topological polar surface area (TPSA) is 212 Å². The molecule has 17 heteroatoms. The second-order valence-corrected chi connectivity index (χ2v) is 9.05. The van der Waals surface area contributed by atoms with Crippen molar-refractivity contribution in [3.8, 4) is 5.88 Å². The van der Waals surface area contributed by atoms with E-state index in [2.05, 4.69) is 25.8 Å². The molecule has 40 heavy (non-hydrogen) atoms. The Morgan fingerprint density at radius 1 is 1.25 bits per heavy atom. The molecular weight excluding hydrogens is 557 g/mol. The maximum Gasteiger partial charge on any atom is 0.218 e. The summed E-state index contributed by atoms with van der Waals surface area (Å²) in [6, 6.07) is 3.01. The van der Waals surface area contributed by atoms with Crippen molar-refractivity contribution in [3.05, 3.63) is 24.0 Å². The van der Waals surface area contributed by atoms with E-state index < -0.39 is 49.0 Å². The number of rotatable bonds is 14. The Bertz CT molecular complexity index is 1130. The van der Waals surface area contributed by atoms with Crippen LogP contribution in [0.3, 0.4) is 0 Å². The summed E-state index contributed by atoms with van der Waals surface area (Å²) in [4.78, 5) is 2.65. The van der Waals surface area contributed by atoms with Crippen molar-refractivity contribution in [2.75, 3.05) is 47.2 Å². The van der Waals surface area contributed by atoms with Crippen molar-refractivity contribution in [1.29, 1.82) is 0 Å². The van der Waals surface area contributed by atoms with Gasteiger partial charge in [0.2, 0.25) is 11.0 Å². The van der Waals surface area contributed by atoms with E-state index in [1.165, 1.54) is 32.4 Å². The highest BCUT2D eigenvalue weighted by Gasteiger charge is 2.46. The number of thiocarbonyl (C=S) groups is 1. The minimum Gasteiger partial charge on any atom is -0.493 e. The molecule has 7 atom stereocenters. The molecule has 1 aromatic heterocycles. The number of aromatic hydroxyl groups is 1. The molecule has 3 rings (SSSR count). The molecule has 1 saturated heterocycles. The zero-order valence-electron chi connectivity index (χ0n) is 21.8. The Morgan fingerprint density at radius 2 is 2.02 bits per heavy atom. The number of ether oxygens (including phenoxy) is 5. The third kappa shape index (κ3) is 8.54. The van der Waals surface area contributed by atoms with Crippen LogP contribution in [0.15, 0.2) is 28.4 Å². The van der Waals surface area contributed by atoms with E-state index in [1.807, 2.05) is 0 Å². The van der Waals surface area contributed by atoms with E-state index >= 15 is 0 Å². The normalized spacial score (nSPS) is 24.9. The molecule has 7 unspecified atom stereocenters. The molecule has 2 heterocycles. The maximum absolute atomic E-state index is 13.5. The lowest BCUT2D eigenvalue weighted by Gasteiger charge is -2.43. The number of fused-ring (bicyclic) bond motifs is 1. The van der Waals surface area contributed by atoms with Gasteiger partial charge in [0.15, 0.2) is 18.3 Å². The summed E-state index contributed by atoms with van der Waals surface area (Å²) < 4.78 is 40.0. The third-order valence-electron chi connectivity index (χ3n) is 5.94. The minimum absolute atomic E-state index is 0.0143. The number of aliphatic hydroxyl groups is 4. The largest absolute Gasteiger partial charge is 0.493 e. The number of aromatic amines is 1. The fourth-order valence-electron chi connectivity index (χ4n) is 4.05. The van der Waals surface area contributed by atoms with Gasteiger partial charge >= 0.3 is 0 Å². The smallest absolute Gasteiger partial charge is 0.218 e. The molecule has 1 aromatic carbocycles. The third-order valence-corrected chi connectivity index (χ3v) is 6.16. The molecule has 0 bridgehead atoms. The van der Waals surface area contributed by atoms with Gasteiger partial charge in [0, 0.05) is 19.6 Å². The van der Waals surface area contributed by atoms with Crippen LogP contribution >= 0.6 is 12.2 Å². The molecule has 224 valence electrons. The number of H-pyrrole nitrogens is 1. The van der Waals surface area contributed by atoms with Crippen molar-refractivity contribution in [1.82, 2.24) is 15.6 Å². The highest BCUT2D eigenvalue weighted by molar-refractivity contribution is 7.80. The van der Waals surface area contributed by atoms with E-state index in [0.29, 0.717) is 10.9 Å². The molecule has 0 spiro atoms. The monoisotopic (exact) mass is 591 g/mol. The van der Waals surface area contributed by atoms with Gasteiger partial charge in [0.05, 0.1) is 44.5 Å². The Kier molecular flexibility index (Phi) is 12.5. The first-order chi connectivity index (χ1) is 19.2. The highest BCUT2D eigenvalue weighted by atomic mass is 32.1. The molecule has 1 aliphatic heterocycles. The van der Waals surface area contributed by atoms with Crippen molar-refractivity contribution in [2.45, 2.75) is 43.2 Å². The highest BCUT2D eigenvalue weighted by Crippen LogP contribution is 2.35. The molecule has 2 aromatic rings. The minimum atomic E-state index is -1.28. The molecule has 0 aliphatic carbocycles. The predicted molar refractivity (Wildman–Crippen MR) is 140 cm³/mol. The van der Waals surface area contributed by atoms with Gasteiger partial charge in [0.1, 0.15) is 30.4 Å². The summed E-state index contributed by atoms with van der Waals surface area (Å²) in [7, 11) is 2.73. The first kappa shape index (κ1) is 32.1. The van der Waals surface area contributed by atoms with Gasteiger partial charge in [-0.25, -0.2) is 4.39 Å². The summed E-state index contributed by atoms with van der Waals surface area (Å²) in [5.74, 6) is -0.805. The van der Waals surface area contributed by atoms with Crippen molar-refractivity contribution in [2.24, 2.45) is 10.2 Å². The number of methoxy groups -OCH3 is 2. The van der Waals surface area contributed by atoms with Crippen molar-refractivity contribution < 1.29 is 53.6 Å². The van der Waals surface area contributed by atoms with E-state index in [4.69, 9.17) is 35.9 Å². The number of benzene rings is 1. The summed E-state index contributed by atoms with van der Waals surface area (Å²) in [6.07, 6.45) is -6.25. The fourth-order valence-corrected chi connectivity index (χ4v) is 4.17. The van der Waals surface area contributed by atoms with Gasteiger partial charge in [-0.1, -0.05) is 0 Å². The summed E-state index contributed by atoms with van der Waals surface area (Å²) >= 11 is 5.02. The number of aliphatic hydroxyl groups excluding tert-OH is 4. The average Bonchev–Trinajstić information content (AvgIpc) is 3.25. The van der Waals surface area contributed by atoms with Crippen molar-refractivity contribution >= 4 is 33.9 Å². The standard InChI is InChI=1S/C23H34FN5O10S/c1-35-20-14(9-30)39-22(36-2)18(19(20)33)27-15(31)10-37-5-6-38-16(32)8-25-23(40)29-28-17-12-7-11(24)3-4-13(12)26-21(17)34/h3-4,7,14-16,18-20,22,26-27,30-34H,5-6,8-10H2,1-2H3,(H,25,40). The average molecular weight is 592 g/mol. The van der Waals surface area contributed by atoms with Crippen LogP contribution in [-0.2, 0) is 23.7 Å². The lowest BCUT2D eigenvalue weighted by atomic mass is 9.96. The number of nitrogens with zero attached hydrogens (tertiary/aromatic N) is 2. The molecule has 15 nitrogen and oxygen atoms in total. The zero-order chi connectivity index (χ0) is 29.2. The predicted octanol–water partition coefficient (Wildman–Crippen LogP) is -0.661. The number of hydrogen-bond acceptors (Lipinski definition) is 13. The Balaban J connectivity index is 1.34. The molecule has 0 saturated carbocycles. The van der Waals surface area contributed by atoms with Crippen LogP contribution < -0.4 is 10.6 Å². The molecule has 0 radical (unpaired) electrons. The first-order valence-electron chi connectivity index (χ1n) is 12.2. The summed E-state index contributed by atoms with van der Waals surface area (Å²) in [5, 5.41) is 63.4. The van der Waals surface area contributed by atoms with Crippen LogP contribution in [-0.4, -0.2) is 126 Å². The molecule has 1 fully saturated rings. The molecular formula is C23H34FN5O10S. The fraction of sp³-hybridized carbons (Fsp3) is 0.609. The Labute approximate surface area is 233 Å². The van der Waals surface area contributed by atoms with Crippen LogP contribution in [0.5, 0.6) is 5.88 Å². The number of azo groups is 1. The van der Waals surface area contributed by atoms with Crippen LogP contribution in [0, 0.1) is 5.82 Å². The second-order valence-electron chi connectivity index (χ2n) is 8.66. The van der Waals surface area contributed by atoms with Gasteiger partial charge in [0.25, 0.3) is 0 Å². The molecule has 0 amide bonds. The van der Waals surface area contributed by atoms with Crippen LogP contribution in [0.25, 0.3) is 10.9 Å². The first-order valence-corrected chi connectivity index (χ1v) is 12.6. The summed E-state index contributed by atoms with van der Waals surface area (Å²) in [6.45, 7) is -0.722. The van der Waals surface area contributed by atoms with Crippen molar-refractivity contribution in [3.63, 3.8) is 0 Å². The number of nitrogens with one attached hydrogen (secondary N) is 3. The molecule has 1 aliphatic rings. The van der Waals surface area contributed by atoms with E-state index in [-0.39, 0.29) is 49.7 Å². The van der Waals surface area contributed by atoms with Crippen LogP contribution in [0.1, 0.15) is 0 Å². The Hall–Kier alpha value is -2.42. The van der Waals surface area contributed by atoms with Gasteiger partial charge in [-0.3, -0.25) is 5.32 Å². The summed E-state index contributed by atoms with van der Waals surface area (Å²) in [5.41, 5.74) is 0.483. The number of halogens is 1. The number of hydrogen-bond donors (Lipinski definition) is 8. The van der Waals surface area contributed by atoms with E-state index in [0.717, 1.165) is 0 Å². The van der Waals surface area contributed by atoms with Gasteiger partial charge in [-0.2, -0.15) is 0 Å². The van der Waals surface area contributed by atoms with Gasteiger partial charge in [-0.15, -0.1) is 10.2 Å². The zero-order valence-corrected chi connectivity index (χ0v) is 22.6. The Morgan fingerprint density at radius 3 is 2.73 bits per heavy atom. The van der Waals surface area contributed by atoms with Crippen LogP contribution in [0.2, 0.25) is 0 Å². The van der Waals surface area contributed by atoms with E-state index in [9.17, 15) is 29.9 Å². The van der Waals surface area contributed by atoms with Gasteiger partial charge in [-0.05, 0) is 30.4 Å². The van der Waals surface area contributed by atoms with Gasteiger partial charge < -0.3 is 59.5 Å². The lowest BCUT2D eigenvalue weighted by Crippen LogP contribution is -2.66. The second kappa shape index (κ2) is 15.5. The van der Waals surface area contributed by atoms with E-state index in [1.54, 1.807) is 0 Å². The maximum atomic E-state index is 13.5. The molecule has 8 N–H and O–H groups in total. The number of aromatic nitrogens is 1. The quantitative estimate of drug-likeness (QED) is 0.0594.